The van der Waals surface area contributed by atoms with E-state index in [4.69, 9.17) is 30.6 Å². The molecule has 0 spiro atoms. The number of nitrogens with zero attached hydrogens (tertiary/aromatic N) is 1. The molecular formula is C20H19ClN2O6. The molecule has 9 heteroatoms. The van der Waals surface area contributed by atoms with Crippen molar-refractivity contribution in [1.82, 2.24) is 0 Å². The quantitative estimate of drug-likeness (QED) is 0.421. The number of halogens is 1. The molecule has 0 saturated heterocycles. The Hall–Kier alpha value is -3.26. The predicted octanol–water partition coefficient (Wildman–Crippen LogP) is 3.30. The van der Waals surface area contributed by atoms with E-state index in [0.717, 1.165) is 11.1 Å². The van der Waals surface area contributed by atoms with E-state index in [1.54, 1.807) is 50.2 Å². The second-order valence-corrected chi connectivity index (χ2v) is 6.55. The third-order valence-electron chi connectivity index (χ3n) is 4.08. The minimum Gasteiger partial charge on any atom is -0.454 e. The standard InChI is InChI=1S/C20H19ClN2O6/c1-12-15(21)4-3-5-16(12)22-19(24)9-26-20(25)10-29-23-13(2)14-6-7-17-18(8-14)28-11-27-17/h3-8H,9-11H2,1-2H3,(H,22,24)/b23-13-. The number of carbonyl (C=O) groups excluding carboxylic acids is 2. The molecule has 0 saturated carbocycles. The van der Waals surface area contributed by atoms with Gasteiger partial charge in [0, 0.05) is 16.3 Å². The molecule has 0 fully saturated rings. The van der Waals surface area contributed by atoms with Gasteiger partial charge in [-0.2, -0.15) is 0 Å². The Kier molecular flexibility index (Phi) is 6.56. The van der Waals surface area contributed by atoms with Gasteiger partial charge in [0.05, 0.1) is 5.71 Å². The molecular weight excluding hydrogens is 400 g/mol. The summed E-state index contributed by atoms with van der Waals surface area (Å²) in [4.78, 5) is 28.7. The Bertz CT molecular complexity index is 960. The van der Waals surface area contributed by atoms with Gasteiger partial charge in [0.15, 0.2) is 18.1 Å². The molecule has 29 heavy (non-hydrogen) atoms. The molecule has 1 aliphatic rings. The number of anilines is 1. The van der Waals surface area contributed by atoms with Crippen molar-refractivity contribution in [2.45, 2.75) is 13.8 Å². The molecule has 1 amide bonds. The first-order valence-corrected chi connectivity index (χ1v) is 9.09. The highest BCUT2D eigenvalue weighted by atomic mass is 35.5. The van der Waals surface area contributed by atoms with Gasteiger partial charge in [-0.3, -0.25) is 4.79 Å². The number of nitrogens with one attached hydrogen (secondary N) is 1. The summed E-state index contributed by atoms with van der Waals surface area (Å²) >= 11 is 6.00. The van der Waals surface area contributed by atoms with Crippen molar-refractivity contribution in [2.24, 2.45) is 5.16 Å². The third kappa shape index (κ3) is 5.39. The molecule has 152 valence electrons. The SMILES string of the molecule is C/C(=N/OCC(=O)OCC(=O)Nc1cccc(Cl)c1C)c1ccc2c(c1)OCO2. The summed E-state index contributed by atoms with van der Waals surface area (Å²) in [7, 11) is 0. The van der Waals surface area contributed by atoms with Crippen molar-refractivity contribution in [1.29, 1.82) is 0 Å². The minimum absolute atomic E-state index is 0.182. The topological polar surface area (TPSA) is 95.5 Å². The molecule has 1 heterocycles. The van der Waals surface area contributed by atoms with Crippen molar-refractivity contribution in [3.05, 3.63) is 52.5 Å². The first-order valence-electron chi connectivity index (χ1n) is 8.71. The second-order valence-electron chi connectivity index (χ2n) is 6.14. The largest absolute Gasteiger partial charge is 0.454 e. The molecule has 2 aromatic carbocycles. The van der Waals surface area contributed by atoms with Crippen LogP contribution in [-0.4, -0.2) is 37.6 Å². The van der Waals surface area contributed by atoms with Crippen molar-refractivity contribution < 1.29 is 28.6 Å². The smallest absolute Gasteiger partial charge is 0.347 e. The Labute approximate surface area is 172 Å². The van der Waals surface area contributed by atoms with Crippen molar-refractivity contribution in [2.75, 3.05) is 25.3 Å². The molecule has 1 aliphatic heterocycles. The highest BCUT2D eigenvalue weighted by Crippen LogP contribution is 2.32. The molecule has 0 atom stereocenters. The fourth-order valence-corrected chi connectivity index (χ4v) is 2.65. The fourth-order valence-electron chi connectivity index (χ4n) is 2.47. The Morgan fingerprint density at radius 3 is 2.79 bits per heavy atom. The lowest BCUT2D eigenvalue weighted by molar-refractivity contribution is -0.151. The van der Waals surface area contributed by atoms with Crippen LogP contribution in [0.3, 0.4) is 0 Å². The summed E-state index contributed by atoms with van der Waals surface area (Å²) < 4.78 is 15.4. The maximum Gasteiger partial charge on any atom is 0.347 e. The Balaban J connectivity index is 1.43. The zero-order valence-electron chi connectivity index (χ0n) is 15.9. The molecule has 0 unspecified atom stereocenters. The van der Waals surface area contributed by atoms with Crippen molar-refractivity contribution >= 4 is 34.9 Å². The lowest BCUT2D eigenvalue weighted by Crippen LogP contribution is -2.23. The number of ether oxygens (including phenoxy) is 3. The van der Waals surface area contributed by atoms with Crippen LogP contribution < -0.4 is 14.8 Å². The van der Waals surface area contributed by atoms with E-state index in [9.17, 15) is 9.59 Å². The fraction of sp³-hybridized carbons (Fsp3) is 0.250. The van der Waals surface area contributed by atoms with Crippen LogP contribution in [0.15, 0.2) is 41.6 Å². The Morgan fingerprint density at radius 1 is 1.17 bits per heavy atom. The summed E-state index contributed by atoms with van der Waals surface area (Å²) in [5, 5.41) is 7.04. The van der Waals surface area contributed by atoms with E-state index >= 15 is 0 Å². The maximum atomic E-state index is 11.9. The number of amides is 1. The van der Waals surface area contributed by atoms with Crippen LogP contribution in [0, 0.1) is 6.92 Å². The van der Waals surface area contributed by atoms with Crippen LogP contribution >= 0.6 is 11.6 Å². The van der Waals surface area contributed by atoms with Gasteiger partial charge in [-0.25, -0.2) is 4.79 Å². The van der Waals surface area contributed by atoms with Gasteiger partial charge in [0.1, 0.15) is 0 Å². The number of carbonyl (C=O) groups is 2. The van der Waals surface area contributed by atoms with Crippen LogP contribution in [0.1, 0.15) is 18.1 Å². The molecule has 2 aromatic rings. The van der Waals surface area contributed by atoms with Gasteiger partial charge >= 0.3 is 5.97 Å². The number of oxime groups is 1. The first kappa shape index (κ1) is 20.5. The summed E-state index contributed by atoms with van der Waals surface area (Å²) in [6.07, 6.45) is 0. The van der Waals surface area contributed by atoms with Gasteiger partial charge < -0.3 is 24.4 Å². The van der Waals surface area contributed by atoms with Gasteiger partial charge in [-0.1, -0.05) is 22.8 Å². The summed E-state index contributed by atoms with van der Waals surface area (Å²) in [5.41, 5.74) is 2.59. The van der Waals surface area contributed by atoms with Crippen LogP contribution in [0.4, 0.5) is 5.69 Å². The number of fused-ring (bicyclic) bond motifs is 1. The average molecular weight is 419 g/mol. The van der Waals surface area contributed by atoms with Gasteiger partial charge in [-0.05, 0) is 49.7 Å². The minimum atomic E-state index is -0.717. The van der Waals surface area contributed by atoms with Crippen molar-refractivity contribution in [3.8, 4) is 11.5 Å². The van der Waals surface area contributed by atoms with E-state index in [1.165, 1.54) is 0 Å². The second kappa shape index (κ2) is 9.29. The van der Waals surface area contributed by atoms with E-state index in [1.807, 2.05) is 0 Å². The number of rotatable bonds is 7. The molecule has 8 nitrogen and oxygen atoms in total. The summed E-state index contributed by atoms with van der Waals surface area (Å²) in [6.45, 7) is 2.81. The average Bonchev–Trinajstić information content (AvgIpc) is 3.17. The predicted molar refractivity (Wildman–Crippen MR) is 107 cm³/mol. The van der Waals surface area contributed by atoms with Crippen LogP contribution in [0.2, 0.25) is 5.02 Å². The monoisotopic (exact) mass is 418 g/mol. The molecule has 3 rings (SSSR count). The molecule has 0 radical (unpaired) electrons. The first-order chi connectivity index (χ1) is 13.9. The number of esters is 1. The number of hydrogen-bond acceptors (Lipinski definition) is 7. The lowest BCUT2D eigenvalue weighted by Gasteiger charge is -2.09. The number of benzene rings is 2. The van der Waals surface area contributed by atoms with Crippen molar-refractivity contribution in [3.63, 3.8) is 0 Å². The highest BCUT2D eigenvalue weighted by molar-refractivity contribution is 6.31. The van der Waals surface area contributed by atoms with E-state index in [0.29, 0.717) is 27.9 Å². The van der Waals surface area contributed by atoms with Crippen LogP contribution in [0.25, 0.3) is 0 Å². The Morgan fingerprint density at radius 2 is 1.97 bits per heavy atom. The molecule has 0 aromatic heterocycles. The third-order valence-corrected chi connectivity index (χ3v) is 4.49. The number of hydrogen-bond donors (Lipinski definition) is 1. The zero-order chi connectivity index (χ0) is 20.8. The maximum absolute atomic E-state index is 11.9. The summed E-state index contributed by atoms with van der Waals surface area (Å²) in [5.74, 6) is 0.0867. The van der Waals surface area contributed by atoms with Crippen LogP contribution in [0.5, 0.6) is 11.5 Å². The van der Waals surface area contributed by atoms with Gasteiger partial charge in [0.25, 0.3) is 5.91 Å². The highest BCUT2D eigenvalue weighted by Gasteiger charge is 2.14. The summed E-state index contributed by atoms with van der Waals surface area (Å²) in [6, 6.07) is 10.5. The van der Waals surface area contributed by atoms with Crippen LogP contribution in [-0.2, 0) is 19.2 Å². The lowest BCUT2D eigenvalue weighted by atomic mass is 10.1. The molecule has 0 aliphatic carbocycles. The normalized spacial score (nSPS) is 12.4. The molecule has 0 bridgehead atoms. The zero-order valence-corrected chi connectivity index (χ0v) is 16.6. The van der Waals surface area contributed by atoms with Gasteiger partial charge in [-0.15, -0.1) is 0 Å². The van der Waals surface area contributed by atoms with E-state index in [-0.39, 0.29) is 6.79 Å². The van der Waals surface area contributed by atoms with Gasteiger partial charge in [0.2, 0.25) is 13.4 Å². The van der Waals surface area contributed by atoms with E-state index < -0.39 is 25.1 Å². The van der Waals surface area contributed by atoms with E-state index in [2.05, 4.69) is 10.5 Å². The molecule has 1 N–H and O–H groups in total.